The van der Waals surface area contributed by atoms with Crippen LogP contribution in [-0.2, 0) is 9.47 Å². The van der Waals surface area contributed by atoms with E-state index in [0.717, 1.165) is 32.2 Å². The quantitative estimate of drug-likeness (QED) is 0.276. The van der Waals surface area contributed by atoms with E-state index in [1.807, 2.05) is 12.1 Å². The van der Waals surface area contributed by atoms with Gasteiger partial charge in [-0.1, -0.05) is 32.0 Å². The molecule has 3 nitrogen and oxygen atoms in total. The van der Waals surface area contributed by atoms with Gasteiger partial charge in [0.2, 0.25) is 5.12 Å². The fourth-order valence-electron chi connectivity index (χ4n) is 2.09. The number of nitrogens with zero attached hydrogens (tertiary/aromatic N) is 1. The third kappa shape index (κ3) is 5.39. The minimum atomic E-state index is -0.585. The van der Waals surface area contributed by atoms with Crippen molar-refractivity contribution in [2.75, 3.05) is 14.2 Å². The average Bonchev–Trinajstić information content (AvgIpc) is 3.01. The lowest BCUT2D eigenvalue weighted by atomic mass is 10.2. The highest BCUT2D eigenvalue weighted by atomic mass is 33.5. The highest BCUT2D eigenvalue weighted by Gasteiger charge is 2.34. The Kier molecular flexibility index (Phi) is 8.27. The standard InChI is InChI=1S/C15H21NO2S4Si/c1-5-11(23-4)10-15(17-2,18-3)21-22-20-14-16-12-8-6-7-9-13(12)19-14/h6-9,11H,5,10H2,1-4H3. The fraction of sp³-hybridized carbons (Fsp3) is 0.533. The second-order valence-electron chi connectivity index (χ2n) is 4.87. The Labute approximate surface area is 156 Å². The molecule has 2 radical (unpaired) electrons. The Morgan fingerprint density at radius 1 is 1.30 bits per heavy atom. The van der Waals surface area contributed by atoms with Crippen molar-refractivity contribution in [3.8, 4) is 0 Å². The van der Waals surface area contributed by atoms with Crippen molar-refractivity contribution in [3.63, 3.8) is 0 Å². The van der Waals surface area contributed by atoms with Crippen LogP contribution in [-0.4, -0.2) is 33.8 Å². The smallest absolute Gasteiger partial charge is 0.228 e. The topological polar surface area (TPSA) is 31.4 Å². The van der Waals surface area contributed by atoms with E-state index in [9.17, 15) is 0 Å². The summed E-state index contributed by atoms with van der Waals surface area (Å²) in [6, 6.07) is 8.23. The Morgan fingerprint density at radius 3 is 2.65 bits per heavy atom. The van der Waals surface area contributed by atoms with Crippen molar-refractivity contribution in [3.05, 3.63) is 24.3 Å². The lowest BCUT2D eigenvalue weighted by Crippen LogP contribution is -2.31. The minimum absolute atomic E-state index is 0.585. The summed E-state index contributed by atoms with van der Waals surface area (Å²) in [5, 5.41) is -0.585. The monoisotopic (exact) mass is 403 g/mol. The molecule has 23 heavy (non-hydrogen) atoms. The van der Waals surface area contributed by atoms with Crippen LogP contribution in [0.2, 0.25) is 12.1 Å². The number of aromatic nitrogens is 1. The number of para-hydroxylation sites is 1. The maximum atomic E-state index is 5.71. The normalized spacial score (nSPS) is 13.6. The van der Waals surface area contributed by atoms with E-state index in [0.29, 0.717) is 5.54 Å². The van der Waals surface area contributed by atoms with Gasteiger partial charge in [0.05, 0.1) is 10.2 Å². The summed E-state index contributed by atoms with van der Waals surface area (Å²) in [6.07, 6.45) is 2.06. The first-order chi connectivity index (χ1) is 11.2. The van der Waals surface area contributed by atoms with E-state index in [2.05, 4.69) is 30.6 Å². The van der Waals surface area contributed by atoms with Crippen LogP contribution in [0.3, 0.4) is 0 Å². The van der Waals surface area contributed by atoms with Gasteiger partial charge in [-0.25, -0.2) is 4.98 Å². The molecule has 1 atom stereocenters. The number of benzene rings is 1. The van der Waals surface area contributed by atoms with Gasteiger partial charge in [0.1, 0.15) is 0 Å². The molecule has 0 bridgehead atoms. The van der Waals surface area contributed by atoms with Crippen molar-refractivity contribution < 1.29 is 9.47 Å². The van der Waals surface area contributed by atoms with E-state index < -0.39 is 5.12 Å². The van der Waals surface area contributed by atoms with Crippen LogP contribution in [0.15, 0.2) is 28.6 Å². The van der Waals surface area contributed by atoms with E-state index in [4.69, 9.17) is 9.47 Å². The molecular weight excluding hydrogens is 383 g/mol. The maximum absolute atomic E-state index is 5.71. The highest BCUT2D eigenvalue weighted by Crippen LogP contribution is 2.51. The van der Waals surface area contributed by atoms with Gasteiger partial charge >= 0.3 is 0 Å². The van der Waals surface area contributed by atoms with Gasteiger partial charge in [-0.3, -0.25) is 0 Å². The summed E-state index contributed by atoms with van der Waals surface area (Å²) >= 11 is 1.72. The predicted octanol–water partition coefficient (Wildman–Crippen LogP) is 5.97. The van der Waals surface area contributed by atoms with Crippen LogP contribution < -0.4 is 0 Å². The van der Waals surface area contributed by atoms with Gasteiger partial charge in [0.25, 0.3) is 0 Å². The molecule has 0 aliphatic carbocycles. The predicted molar refractivity (Wildman–Crippen MR) is 108 cm³/mol. The molecule has 8 heteroatoms. The van der Waals surface area contributed by atoms with Crippen LogP contribution in [0.4, 0.5) is 0 Å². The third-order valence-corrected chi connectivity index (χ3v) is 10.6. The van der Waals surface area contributed by atoms with E-state index >= 15 is 0 Å². The van der Waals surface area contributed by atoms with E-state index in [-0.39, 0.29) is 0 Å². The molecule has 2 aromatic rings. The molecule has 1 heterocycles. The number of methoxy groups -OCH3 is 2. The van der Waals surface area contributed by atoms with Gasteiger partial charge in [-0.15, -0.1) is 11.3 Å². The van der Waals surface area contributed by atoms with Crippen molar-refractivity contribution in [2.24, 2.45) is 0 Å². The van der Waals surface area contributed by atoms with Crippen molar-refractivity contribution in [1.82, 2.24) is 4.98 Å². The first-order valence-electron chi connectivity index (χ1n) is 7.31. The molecule has 0 spiro atoms. The van der Waals surface area contributed by atoms with Crippen molar-refractivity contribution >= 4 is 62.5 Å². The molecule has 0 amide bonds. The van der Waals surface area contributed by atoms with Crippen molar-refractivity contribution in [1.29, 1.82) is 0 Å². The van der Waals surface area contributed by atoms with E-state index in [1.165, 1.54) is 4.70 Å². The van der Waals surface area contributed by atoms with Gasteiger partial charge in [0.15, 0.2) is 4.34 Å². The van der Waals surface area contributed by atoms with Gasteiger partial charge in [-0.05, 0) is 49.1 Å². The number of hydrogen-bond acceptors (Lipinski definition) is 7. The number of ether oxygens (including phenoxy) is 2. The molecular formula is C15H21NO2S4Si. The molecule has 0 N–H and O–H groups in total. The second kappa shape index (κ2) is 9.70. The molecule has 1 aromatic carbocycles. The number of hydrogen-bond donors (Lipinski definition) is 0. The first-order valence-corrected chi connectivity index (χ1v) is 13.2. The Bertz CT molecular complexity index is 569. The largest absolute Gasteiger partial charge is 0.344 e. The molecule has 1 unspecified atom stereocenters. The summed E-state index contributed by atoms with van der Waals surface area (Å²) in [6.45, 7) is 4.48. The van der Waals surface area contributed by atoms with Gasteiger partial charge in [-0.2, -0.15) is 0 Å². The second-order valence-corrected chi connectivity index (χ2v) is 11.7. The zero-order valence-corrected chi connectivity index (χ0v) is 18.0. The molecule has 0 saturated carbocycles. The minimum Gasteiger partial charge on any atom is -0.344 e. The summed E-state index contributed by atoms with van der Waals surface area (Å²) < 4.78 is 13.7. The zero-order chi connectivity index (χ0) is 16.7. The van der Waals surface area contributed by atoms with Crippen LogP contribution >= 0.6 is 42.8 Å². The Morgan fingerprint density at radius 2 is 2.04 bits per heavy atom. The lowest BCUT2D eigenvalue weighted by molar-refractivity contribution is -0.137. The van der Waals surface area contributed by atoms with Crippen LogP contribution in [0, 0.1) is 0 Å². The summed E-state index contributed by atoms with van der Waals surface area (Å²) in [5.74, 6) is 0. The molecule has 0 aliphatic rings. The van der Waals surface area contributed by atoms with E-state index in [1.54, 1.807) is 57.0 Å². The highest BCUT2D eigenvalue weighted by molar-refractivity contribution is 9.09. The first kappa shape index (κ1) is 19.6. The van der Waals surface area contributed by atoms with Crippen LogP contribution in [0.5, 0.6) is 0 Å². The van der Waals surface area contributed by atoms with Gasteiger partial charge in [0, 0.05) is 30.2 Å². The van der Waals surface area contributed by atoms with Crippen LogP contribution in [0.25, 0.3) is 10.2 Å². The molecule has 0 saturated heterocycles. The maximum Gasteiger partial charge on any atom is 0.228 e. The molecule has 0 fully saturated rings. The SMILES string of the molecule is CCC(CC(OC)(OC)SSSc1nc2ccccc2s1)[Si]C. The van der Waals surface area contributed by atoms with Gasteiger partial charge < -0.3 is 9.47 Å². The van der Waals surface area contributed by atoms with Crippen molar-refractivity contribution in [2.45, 2.75) is 41.3 Å². The zero-order valence-electron chi connectivity index (χ0n) is 13.7. The Hall–Kier alpha value is 0.297. The molecule has 126 valence electrons. The van der Waals surface area contributed by atoms with Crippen LogP contribution in [0.1, 0.15) is 19.8 Å². The molecule has 1 aromatic heterocycles. The summed E-state index contributed by atoms with van der Waals surface area (Å²) in [7, 11) is 9.34. The third-order valence-electron chi connectivity index (χ3n) is 3.56. The summed E-state index contributed by atoms with van der Waals surface area (Å²) in [5.41, 5.74) is 1.70. The number of fused-ring (bicyclic) bond motifs is 1. The summed E-state index contributed by atoms with van der Waals surface area (Å²) in [4.78, 5) is 4.64. The average molecular weight is 404 g/mol. The fourth-order valence-corrected chi connectivity index (χ4v) is 9.09. The number of rotatable bonds is 10. The number of thiazole rings is 1. The molecule has 2 rings (SSSR count). The Balaban J connectivity index is 1.95. The lowest BCUT2D eigenvalue weighted by Gasteiger charge is -2.31. The molecule has 0 aliphatic heterocycles.